The molecule has 0 saturated carbocycles. The third kappa shape index (κ3) is 7.13. The molecule has 2 amide bonds. The minimum Gasteiger partial charge on any atom is -0.273 e. The molecule has 0 atom stereocenters. The van der Waals surface area contributed by atoms with Crippen molar-refractivity contribution >= 4 is 44.8 Å². The molecule has 0 saturated heterocycles. The molecule has 0 spiro atoms. The highest BCUT2D eigenvalue weighted by molar-refractivity contribution is 6.10. The van der Waals surface area contributed by atoms with Crippen LogP contribution in [0.15, 0.2) is 95.1 Å². The average Bonchev–Trinajstić information content (AvgIpc) is 2.95. The van der Waals surface area contributed by atoms with E-state index in [-0.39, 0.29) is 11.8 Å². The third-order valence-corrected chi connectivity index (χ3v) is 6.61. The summed E-state index contributed by atoms with van der Waals surface area (Å²) >= 11 is 0. The lowest BCUT2D eigenvalue weighted by Gasteiger charge is -2.07. The Morgan fingerprint density at radius 3 is 1.39 bits per heavy atom. The van der Waals surface area contributed by atoms with Crippen LogP contribution in [0.5, 0.6) is 0 Å². The molecule has 194 valence electrons. The van der Waals surface area contributed by atoms with Gasteiger partial charge in [-0.2, -0.15) is 10.2 Å². The number of nitrogens with zero attached hydrogens (tertiary/aromatic N) is 2. The Kier molecular flexibility index (Phi) is 9.35. The van der Waals surface area contributed by atoms with E-state index in [1.165, 1.54) is 0 Å². The van der Waals surface area contributed by atoms with Crippen molar-refractivity contribution in [3.05, 3.63) is 96.1 Å². The van der Waals surface area contributed by atoms with Crippen molar-refractivity contribution in [3.63, 3.8) is 0 Å². The first-order valence-corrected chi connectivity index (χ1v) is 13.2. The van der Waals surface area contributed by atoms with Crippen LogP contribution in [0, 0.1) is 0 Å². The molecule has 4 rings (SSSR count). The number of fused-ring (bicyclic) bond motifs is 2. The molecule has 2 N–H and O–H groups in total. The van der Waals surface area contributed by atoms with Crippen LogP contribution in [0.3, 0.4) is 0 Å². The lowest BCUT2D eigenvalue weighted by atomic mass is 10.0. The first-order valence-electron chi connectivity index (χ1n) is 13.2. The maximum atomic E-state index is 12.2. The second-order valence-electron chi connectivity index (χ2n) is 9.43. The number of nitrogens with one attached hydrogen (secondary N) is 2. The number of carbonyl (C=O) groups is 2. The van der Waals surface area contributed by atoms with Gasteiger partial charge in [-0.15, -0.1) is 0 Å². The molecule has 0 radical (unpaired) electrons. The number of amides is 2. The summed E-state index contributed by atoms with van der Waals surface area (Å²) in [6.07, 6.45) is 4.10. The van der Waals surface area contributed by atoms with E-state index in [2.05, 4.69) is 57.5 Å². The van der Waals surface area contributed by atoms with Gasteiger partial charge in [-0.05, 0) is 48.2 Å². The van der Waals surface area contributed by atoms with Crippen molar-refractivity contribution in [2.24, 2.45) is 10.2 Å². The van der Waals surface area contributed by atoms with Crippen LogP contribution in [-0.4, -0.2) is 23.2 Å². The van der Waals surface area contributed by atoms with E-state index in [9.17, 15) is 9.59 Å². The Hall–Kier alpha value is -4.32. The summed E-state index contributed by atoms with van der Waals surface area (Å²) in [5, 5.41) is 13.1. The van der Waals surface area contributed by atoms with Gasteiger partial charge in [0.2, 0.25) is 11.8 Å². The molecule has 0 fully saturated rings. The van der Waals surface area contributed by atoms with Crippen LogP contribution in [0.1, 0.15) is 63.5 Å². The zero-order valence-corrected chi connectivity index (χ0v) is 22.0. The normalized spacial score (nSPS) is 12.1. The molecule has 38 heavy (non-hydrogen) atoms. The summed E-state index contributed by atoms with van der Waals surface area (Å²) in [5.74, 6) is -0.193. The quantitative estimate of drug-likeness (QED) is 0.135. The summed E-state index contributed by atoms with van der Waals surface area (Å²) in [6.45, 7) is 3.81. The highest BCUT2D eigenvalue weighted by Gasteiger charge is 2.07. The van der Waals surface area contributed by atoms with Gasteiger partial charge in [0.1, 0.15) is 0 Å². The first-order chi connectivity index (χ1) is 18.5. The SMILES string of the molecule is CC(=NNC(=O)CCCCCCC(=O)NN=C(C)c1cccc2ccccc12)c1cccc2ccccc12. The lowest BCUT2D eigenvalue weighted by molar-refractivity contribution is -0.122. The molecule has 0 aliphatic heterocycles. The molecule has 0 unspecified atom stereocenters. The number of carbonyl (C=O) groups excluding carboxylic acids is 2. The fraction of sp³-hybridized carbons (Fsp3) is 0.250. The van der Waals surface area contributed by atoms with Gasteiger partial charge < -0.3 is 0 Å². The maximum absolute atomic E-state index is 12.2. The molecule has 0 heterocycles. The largest absolute Gasteiger partial charge is 0.273 e. The summed E-state index contributed by atoms with van der Waals surface area (Å²) in [6, 6.07) is 28.4. The highest BCUT2D eigenvalue weighted by atomic mass is 16.2. The van der Waals surface area contributed by atoms with E-state index < -0.39 is 0 Å². The van der Waals surface area contributed by atoms with Crippen molar-refractivity contribution < 1.29 is 9.59 Å². The molecular formula is C32H34N4O2. The van der Waals surface area contributed by atoms with E-state index in [0.29, 0.717) is 12.8 Å². The summed E-state index contributed by atoms with van der Waals surface area (Å²) < 4.78 is 0. The van der Waals surface area contributed by atoms with E-state index in [0.717, 1.165) is 69.8 Å². The van der Waals surface area contributed by atoms with Crippen LogP contribution >= 0.6 is 0 Å². The monoisotopic (exact) mass is 506 g/mol. The van der Waals surface area contributed by atoms with Gasteiger partial charge in [0.25, 0.3) is 0 Å². The minimum absolute atomic E-state index is 0.0967. The van der Waals surface area contributed by atoms with Gasteiger partial charge in [0.15, 0.2) is 0 Å². The Bertz CT molecular complexity index is 1370. The van der Waals surface area contributed by atoms with Gasteiger partial charge in [-0.3, -0.25) is 9.59 Å². The molecule has 0 aliphatic rings. The minimum atomic E-state index is -0.0967. The van der Waals surface area contributed by atoms with E-state index in [1.54, 1.807) is 0 Å². The van der Waals surface area contributed by atoms with Crippen LogP contribution < -0.4 is 10.9 Å². The Morgan fingerprint density at radius 1 is 0.553 bits per heavy atom. The van der Waals surface area contributed by atoms with Crippen molar-refractivity contribution in [1.82, 2.24) is 10.9 Å². The standard InChI is InChI=1S/C32H34N4O2/c1-23(27-19-11-15-25-13-7-9-17-29(25)27)33-35-31(37)21-5-3-4-6-22-32(38)36-34-24(2)28-20-12-16-26-14-8-10-18-30(26)28/h7-20H,3-6,21-22H2,1-2H3,(H,35,37)(H,36,38). The van der Waals surface area contributed by atoms with Gasteiger partial charge in [0.05, 0.1) is 11.4 Å². The van der Waals surface area contributed by atoms with Crippen LogP contribution in [0.25, 0.3) is 21.5 Å². The fourth-order valence-electron chi connectivity index (χ4n) is 4.53. The smallest absolute Gasteiger partial charge is 0.240 e. The van der Waals surface area contributed by atoms with Gasteiger partial charge in [0, 0.05) is 24.0 Å². The summed E-state index contributed by atoms with van der Waals surface area (Å²) in [5.41, 5.74) is 8.93. The predicted octanol–water partition coefficient (Wildman–Crippen LogP) is 6.71. The lowest BCUT2D eigenvalue weighted by Crippen LogP contribution is -2.19. The van der Waals surface area contributed by atoms with Crippen molar-refractivity contribution in [2.45, 2.75) is 52.4 Å². The topological polar surface area (TPSA) is 82.9 Å². The van der Waals surface area contributed by atoms with Crippen molar-refractivity contribution in [3.8, 4) is 0 Å². The van der Waals surface area contributed by atoms with Crippen LogP contribution in [-0.2, 0) is 9.59 Å². The summed E-state index contributed by atoms with van der Waals surface area (Å²) in [4.78, 5) is 24.5. The van der Waals surface area contributed by atoms with Gasteiger partial charge >= 0.3 is 0 Å². The molecule has 4 aromatic rings. The maximum Gasteiger partial charge on any atom is 0.240 e. The number of benzene rings is 4. The van der Waals surface area contributed by atoms with Crippen LogP contribution in [0.2, 0.25) is 0 Å². The van der Waals surface area contributed by atoms with Crippen molar-refractivity contribution in [1.29, 1.82) is 0 Å². The van der Waals surface area contributed by atoms with E-state index in [1.807, 2.05) is 62.4 Å². The zero-order valence-electron chi connectivity index (χ0n) is 22.0. The van der Waals surface area contributed by atoms with Crippen molar-refractivity contribution in [2.75, 3.05) is 0 Å². The Balaban J connectivity index is 1.14. The second-order valence-corrected chi connectivity index (χ2v) is 9.43. The summed E-state index contributed by atoms with van der Waals surface area (Å²) in [7, 11) is 0. The second kappa shape index (κ2) is 13.3. The molecule has 0 bridgehead atoms. The molecule has 6 nitrogen and oxygen atoms in total. The zero-order chi connectivity index (χ0) is 26.7. The van der Waals surface area contributed by atoms with Gasteiger partial charge in [-0.25, -0.2) is 10.9 Å². The van der Waals surface area contributed by atoms with Crippen LogP contribution in [0.4, 0.5) is 0 Å². The molecule has 0 aromatic heterocycles. The average molecular weight is 507 g/mol. The number of hydrazone groups is 2. The fourth-order valence-corrected chi connectivity index (χ4v) is 4.53. The molecular weight excluding hydrogens is 472 g/mol. The first kappa shape index (κ1) is 26.7. The molecule has 0 aliphatic carbocycles. The number of hydrogen-bond acceptors (Lipinski definition) is 4. The third-order valence-electron chi connectivity index (χ3n) is 6.61. The number of rotatable bonds is 11. The molecule has 4 aromatic carbocycles. The highest BCUT2D eigenvalue weighted by Crippen LogP contribution is 2.20. The number of hydrogen-bond donors (Lipinski definition) is 2. The predicted molar refractivity (Wildman–Crippen MR) is 156 cm³/mol. The molecule has 6 heteroatoms. The van der Waals surface area contributed by atoms with Gasteiger partial charge in [-0.1, -0.05) is 97.8 Å². The van der Waals surface area contributed by atoms with E-state index >= 15 is 0 Å². The number of unbranched alkanes of at least 4 members (excludes halogenated alkanes) is 3. The Labute approximate surface area is 223 Å². The van der Waals surface area contributed by atoms with E-state index in [4.69, 9.17) is 0 Å². The Morgan fingerprint density at radius 2 is 0.947 bits per heavy atom.